The second-order valence-electron chi connectivity index (χ2n) is 3.87. The Kier molecular flexibility index (Phi) is 5.52. The Labute approximate surface area is 96.2 Å². The smallest absolute Gasteiger partial charge is 0.160 e. The van der Waals surface area contributed by atoms with Gasteiger partial charge in [-0.25, -0.2) is 10.8 Å². The van der Waals surface area contributed by atoms with E-state index in [2.05, 4.69) is 39.7 Å². The van der Waals surface area contributed by atoms with Gasteiger partial charge in [0.05, 0.1) is 12.4 Å². The molecule has 1 heterocycles. The number of nitrogen functional groups attached to an aromatic ring is 1. The Morgan fingerprint density at radius 1 is 1.25 bits per heavy atom. The predicted octanol–water partition coefficient (Wildman–Crippen LogP) is 0.516. The number of nitrogens with one attached hydrogen (secondary N) is 2. The van der Waals surface area contributed by atoms with Gasteiger partial charge in [0.2, 0.25) is 0 Å². The standard InChI is InChI=1S/C10H20N6/c1-16(2)6-4-3-5-13-9-7-12-8-10(14-9)15-11/h7-8H,3-6,11H2,1-2H3,(H2,13,14,15). The third-order valence-corrected chi connectivity index (χ3v) is 2.12. The summed E-state index contributed by atoms with van der Waals surface area (Å²) in [6.07, 6.45) is 5.55. The highest BCUT2D eigenvalue weighted by Gasteiger charge is 1.96. The van der Waals surface area contributed by atoms with Crippen LogP contribution in [-0.2, 0) is 0 Å². The van der Waals surface area contributed by atoms with Crippen molar-refractivity contribution in [2.45, 2.75) is 12.8 Å². The maximum Gasteiger partial charge on any atom is 0.160 e. The molecule has 1 aromatic rings. The van der Waals surface area contributed by atoms with Crippen molar-refractivity contribution in [1.29, 1.82) is 0 Å². The van der Waals surface area contributed by atoms with Gasteiger partial charge in [0.25, 0.3) is 0 Å². The molecule has 0 fully saturated rings. The third-order valence-electron chi connectivity index (χ3n) is 2.12. The first-order chi connectivity index (χ1) is 7.72. The molecule has 6 heteroatoms. The summed E-state index contributed by atoms with van der Waals surface area (Å²) in [5.41, 5.74) is 2.46. The van der Waals surface area contributed by atoms with Gasteiger partial charge in [0.15, 0.2) is 5.82 Å². The monoisotopic (exact) mass is 224 g/mol. The topological polar surface area (TPSA) is 79.1 Å². The zero-order valence-electron chi connectivity index (χ0n) is 9.90. The molecular formula is C10H20N6. The molecule has 0 spiro atoms. The van der Waals surface area contributed by atoms with Gasteiger partial charge in [-0.15, -0.1) is 0 Å². The number of anilines is 2. The number of hydrogen-bond donors (Lipinski definition) is 3. The van der Waals surface area contributed by atoms with Gasteiger partial charge < -0.3 is 15.6 Å². The molecule has 0 atom stereocenters. The minimum absolute atomic E-state index is 0.568. The molecule has 0 aromatic carbocycles. The van der Waals surface area contributed by atoms with Crippen LogP contribution in [0.3, 0.4) is 0 Å². The van der Waals surface area contributed by atoms with Crippen LogP contribution in [0.4, 0.5) is 11.6 Å². The molecule has 4 N–H and O–H groups in total. The molecule has 0 aliphatic rings. The Bertz CT molecular complexity index is 301. The van der Waals surface area contributed by atoms with E-state index in [1.807, 2.05) is 0 Å². The maximum atomic E-state index is 5.24. The van der Waals surface area contributed by atoms with Gasteiger partial charge in [-0.2, -0.15) is 0 Å². The van der Waals surface area contributed by atoms with Crippen molar-refractivity contribution >= 4 is 11.6 Å². The van der Waals surface area contributed by atoms with E-state index in [1.165, 1.54) is 6.42 Å². The summed E-state index contributed by atoms with van der Waals surface area (Å²) in [5, 5.41) is 3.21. The van der Waals surface area contributed by atoms with E-state index < -0.39 is 0 Å². The largest absolute Gasteiger partial charge is 0.369 e. The Hall–Kier alpha value is -1.40. The molecule has 0 unspecified atom stereocenters. The minimum atomic E-state index is 0.568. The summed E-state index contributed by atoms with van der Waals surface area (Å²) in [7, 11) is 4.16. The van der Waals surface area contributed by atoms with Gasteiger partial charge >= 0.3 is 0 Å². The van der Waals surface area contributed by atoms with E-state index in [-0.39, 0.29) is 0 Å². The fraction of sp³-hybridized carbons (Fsp3) is 0.600. The van der Waals surface area contributed by atoms with Crippen molar-refractivity contribution in [1.82, 2.24) is 14.9 Å². The summed E-state index contributed by atoms with van der Waals surface area (Å²) < 4.78 is 0. The summed E-state index contributed by atoms with van der Waals surface area (Å²) in [6.45, 7) is 2.01. The van der Waals surface area contributed by atoms with Crippen molar-refractivity contribution in [3.05, 3.63) is 12.4 Å². The number of nitrogens with zero attached hydrogens (tertiary/aromatic N) is 3. The molecule has 6 nitrogen and oxygen atoms in total. The summed E-state index contributed by atoms with van der Waals surface area (Å²) >= 11 is 0. The first-order valence-electron chi connectivity index (χ1n) is 5.39. The van der Waals surface area contributed by atoms with Crippen LogP contribution < -0.4 is 16.6 Å². The van der Waals surface area contributed by atoms with Crippen LogP contribution in [0.2, 0.25) is 0 Å². The molecule has 0 aliphatic carbocycles. The lowest BCUT2D eigenvalue weighted by Crippen LogP contribution is -2.14. The van der Waals surface area contributed by atoms with Gasteiger partial charge in [-0.05, 0) is 33.5 Å². The molecule has 1 aromatic heterocycles. The zero-order chi connectivity index (χ0) is 11.8. The van der Waals surface area contributed by atoms with Gasteiger partial charge in [0.1, 0.15) is 5.82 Å². The maximum absolute atomic E-state index is 5.24. The van der Waals surface area contributed by atoms with E-state index in [0.29, 0.717) is 5.82 Å². The molecular weight excluding hydrogens is 204 g/mol. The number of hydrazine groups is 1. The zero-order valence-corrected chi connectivity index (χ0v) is 9.90. The van der Waals surface area contributed by atoms with Crippen LogP contribution in [-0.4, -0.2) is 42.1 Å². The van der Waals surface area contributed by atoms with Gasteiger partial charge in [-0.1, -0.05) is 0 Å². The molecule has 0 bridgehead atoms. The van der Waals surface area contributed by atoms with E-state index in [4.69, 9.17) is 5.84 Å². The predicted molar refractivity (Wildman–Crippen MR) is 66.1 cm³/mol. The van der Waals surface area contributed by atoms with Gasteiger partial charge in [0, 0.05) is 6.54 Å². The molecule has 1 rings (SSSR count). The lowest BCUT2D eigenvalue weighted by atomic mass is 10.3. The summed E-state index contributed by atoms with van der Waals surface area (Å²) in [5.74, 6) is 6.56. The Morgan fingerprint density at radius 3 is 2.69 bits per heavy atom. The minimum Gasteiger partial charge on any atom is -0.369 e. The van der Waals surface area contributed by atoms with Crippen LogP contribution in [0, 0.1) is 0 Å². The van der Waals surface area contributed by atoms with Crippen LogP contribution >= 0.6 is 0 Å². The highest BCUT2D eigenvalue weighted by molar-refractivity contribution is 5.40. The molecule has 0 aliphatic heterocycles. The van der Waals surface area contributed by atoms with Gasteiger partial charge in [-0.3, -0.25) is 4.98 Å². The number of hydrogen-bond acceptors (Lipinski definition) is 6. The van der Waals surface area contributed by atoms with Crippen molar-refractivity contribution in [2.24, 2.45) is 5.84 Å². The normalized spacial score (nSPS) is 10.5. The quantitative estimate of drug-likeness (QED) is 0.356. The Balaban J connectivity index is 2.21. The highest BCUT2D eigenvalue weighted by atomic mass is 15.3. The number of nitrogens with two attached hydrogens (primary N) is 1. The first kappa shape index (κ1) is 12.7. The highest BCUT2D eigenvalue weighted by Crippen LogP contribution is 2.05. The molecule has 90 valence electrons. The SMILES string of the molecule is CN(C)CCCCNc1cncc(NN)n1. The van der Waals surface area contributed by atoms with Crippen LogP contribution in [0.5, 0.6) is 0 Å². The average Bonchev–Trinajstić information content (AvgIpc) is 2.28. The summed E-state index contributed by atoms with van der Waals surface area (Å²) in [6, 6.07) is 0. The van der Waals surface area contributed by atoms with Crippen LogP contribution in [0.1, 0.15) is 12.8 Å². The van der Waals surface area contributed by atoms with E-state index in [9.17, 15) is 0 Å². The fourth-order valence-electron chi connectivity index (χ4n) is 1.29. The Morgan fingerprint density at radius 2 is 2.00 bits per heavy atom. The second-order valence-corrected chi connectivity index (χ2v) is 3.87. The van der Waals surface area contributed by atoms with Crippen LogP contribution in [0.15, 0.2) is 12.4 Å². The molecule has 0 saturated carbocycles. The van der Waals surface area contributed by atoms with Crippen molar-refractivity contribution < 1.29 is 0 Å². The molecule has 0 radical (unpaired) electrons. The molecule has 0 saturated heterocycles. The van der Waals surface area contributed by atoms with Crippen molar-refractivity contribution in [2.75, 3.05) is 37.9 Å². The summed E-state index contributed by atoms with van der Waals surface area (Å²) in [4.78, 5) is 10.4. The first-order valence-corrected chi connectivity index (χ1v) is 5.39. The number of rotatable bonds is 7. The van der Waals surface area contributed by atoms with Crippen molar-refractivity contribution in [3.8, 4) is 0 Å². The lowest BCUT2D eigenvalue weighted by molar-refractivity contribution is 0.396. The second kappa shape index (κ2) is 6.97. The average molecular weight is 224 g/mol. The van der Waals surface area contributed by atoms with Crippen molar-refractivity contribution in [3.63, 3.8) is 0 Å². The molecule has 0 amide bonds. The van der Waals surface area contributed by atoms with E-state index >= 15 is 0 Å². The number of unbranched alkanes of at least 4 members (excludes halogenated alkanes) is 1. The van der Waals surface area contributed by atoms with E-state index in [0.717, 1.165) is 25.3 Å². The van der Waals surface area contributed by atoms with Crippen LogP contribution in [0.25, 0.3) is 0 Å². The van der Waals surface area contributed by atoms with E-state index in [1.54, 1.807) is 12.4 Å². The lowest BCUT2D eigenvalue weighted by Gasteiger charge is -2.09. The molecule has 16 heavy (non-hydrogen) atoms. The third kappa shape index (κ3) is 4.90. The number of aromatic nitrogens is 2. The fourth-order valence-corrected chi connectivity index (χ4v) is 1.29.